The maximum atomic E-state index is 12.7. The van der Waals surface area contributed by atoms with E-state index in [1.807, 2.05) is 48.5 Å². The van der Waals surface area contributed by atoms with Crippen molar-refractivity contribution >= 4 is 23.2 Å². The van der Waals surface area contributed by atoms with Gasteiger partial charge in [-0.1, -0.05) is 79.9 Å². The molecule has 1 N–H and O–H groups in total. The summed E-state index contributed by atoms with van der Waals surface area (Å²) in [5.74, 6) is 0.213. The van der Waals surface area contributed by atoms with Crippen molar-refractivity contribution < 1.29 is 4.79 Å². The molecule has 1 spiro atoms. The first-order chi connectivity index (χ1) is 17.5. The number of nitrogens with zero attached hydrogens (tertiary/aromatic N) is 1. The normalized spacial score (nSPS) is 18.3. The summed E-state index contributed by atoms with van der Waals surface area (Å²) in [7, 11) is 0. The van der Waals surface area contributed by atoms with E-state index >= 15 is 0 Å². The monoisotopic (exact) mass is 500 g/mol. The smallest absolute Gasteiger partial charge is 0.224 e. The van der Waals surface area contributed by atoms with Gasteiger partial charge in [-0.15, -0.1) is 0 Å². The molecule has 1 amide bonds. The fourth-order valence-corrected chi connectivity index (χ4v) is 6.14. The Labute approximate surface area is 220 Å². The molecule has 0 radical (unpaired) electrons. The fourth-order valence-electron chi connectivity index (χ4n) is 6.02. The third-order valence-corrected chi connectivity index (χ3v) is 8.63. The second-order valence-electron chi connectivity index (χ2n) is 11.0. The van der Waals surface area contributed by atoms with Gasteiger partial charge in [0.05, 0.1) is 0 Å². The second-order valence-corrected chi connectivity index (χ2v) is 11.4. The maximum absolute atomic E-state index is 12.7. The number of anilines is 1. The van der Waals surface area contributed by atoms with Gasteiger partial charge in [-0.25, -0.2) is 0 Å². The number of likely N-dealkylation sites (tertiary alicyclic amines) is 1. The van der Waals surface area contributed by atoms with Crippen LogP contribution < -0.4 is 5.32 Å². The van der Waals surface area contributed by atoms with Crippen molar-refractivity contribution in [3.8, 4) is 11.1 Å². The van der Waals surface area contributed by atoms with Crippen LogP contribution in [0.15, 0.2) is 72.8 Å². The van der Waals surface area contributed by atoms with E-state index in [4.69, 9.17) is 11.6 Å². The molecular formula is C32H37ClN2O. The minimum atomic E-state index is 0.0416. The molecule has 3 aromatic carbocycles. The van der Waals surface area contributed by atoms with Crippen LogP contribution in [-0.4, -0.2) is 23.9 Å². The zero-order valence-electron chi connectivity index (χ0n) is 21.3. The topological polar surface area (TPSA) is 32.3 Å². The molecule has 4 heteroatoms. The van der Waals surface area contributed by atoms with Crippen LogP contribution in [-0.2, 0) is 11.3 Å². The van der Waals surface area contributed by atoms with Crippen LogP contribution in [0.2, 0.25) is 5.02 Å². The predicted molar refractivity (Wildman–Crippen MR) is 150 cm³/mol. The Morgan fingerprint density at radius 2 is 1.44 bits per heavy atom. The van der Waals surface area contributed by atoms with Crippen LogP contribution in [0.25, 0.3) is 11.1 Å². The summed E-state index contributed by atoms with van der Waals surface area (Å²) in [6.45, 7) is 5.64. The molecule has 1 aliphatic carbocycles. The fraction of sp³-hybridized carbons (Fsp3) is 0.406. The van der Waals surface area contributed by atoms with E-state index in [0.29, 0.717) is 11.8 Å². The van der Waals surface area contributed by atoms with Gasteiger partial charge in [0.2, 0.25) is 5.91 Å². The van der Waals surface area contributed by atoms with Gasteiger partial charge in [-0.05, 0) is 96.6 Å². The maximum Gasteiger partial charge on any atom is 0.224 e. The highest BCUT2D eigenvalue weighted by Gasteiger charge is 2.36. The van der Waals surface area contributed by atoms with E-state index < -0.39 is 0 Å². The van der Waals surface area contributed by atoms with Crippen molar-refractivity contribution in [2.75, 3.05) is 18.4 Å². The van der Waals surface area contributed by atoms with Crippen molar-refractivity contribution in [1.29, 1.82) is 0 Å². The molecule has 2 aliphatic rings. The van der Waals surface area contributed by atoms with Crippen LogP contribution in [0.3, 0.4) is 0 Å². The zero-order chi connectivity index (χ0) is 25.0. The molecule has 1 saturated carbocycles. The van der Waals surface area contributed by atoms with E-state index in [1.54, 1.807) is 0 Å². The highest BCUT2D eigenvalue weighted by molar-refractivity contribution is 6.30. The Morgan fingerprint density at radius 1 is 0.861 bits per heavy atom. The lowest BCUT2D eigenvalue weighted by atomic mass is 9.77. The number of piperidine rings is 1. The Kier molecular flexibility index (Phi) is 7.79. The average molecular weight is 501 g/mol. The molecule has 2 fully saturated rings. The number of benzene rings is 3. The molecule has 3 aromatic rings. The summed E-state index contributed by atoms with van der Waals surface area (Å²) >= 11 is 5.98. The molecular weight excluding hydrogens is 464 g/mol. The number of halogens is 1. The number of rotatable bonds is 7. The van der Waals surface area contributed by atoms with Crippen LogP contribution in [0.4, 0.5) is 5.69 Å². The largest absolute Gasteiger partial charge is 0.326 e. The van der Waals surface area contributed by atoms with E-state index in [-0.39, 0.29) is 11.8 Å². The number of amides is 1. The lowest BCUT2D eigenvalue weighted by Crippen LogP contribution is -2.38. The first-order valence-electron chi connectivity index (χ1n) is 13.5. The minimum absolute atomic E-state index is 0.0416. The number of hydrogen-bond donors (Lipinski definition) is 1. The molecule has 1 heterocycles. The van der Waals surface area contributed by atoms with E-state index in [1.165, 1.54) is 62.7 Å². The van der Waals surface area contributed by atoms with Crippen LogP contribution in [0.5, 0.6) is 0 Å². The van der Waals surface area contributed by atoms with Gasteiger partial charge >= 0.3 is 0 Å². The molecule has 36 heavy (non-hydrogen) atoms. The second kappa shape index (κ2) is 11.2. The van der Waals surface area contributed by atoms with Crippen molar-refractivity contribution in [3.63, 3.8) is 0 Å². The van der Waals surface area contributed by atoms with Crippen molar-refractivity contribution in [3.05, 3.63) is 88.9 Å². The molecule has 5 rings (SSSR count). The Morgan fingerprint density at radius 3 is 2.06 bits per heavy atom. The van der Waals surface area contributed by atoms with E-state index in [0.717, 1.165) is 28.4 Å². The number of carbonyl (C=O) groups excluding carboxylic acids is 1. The zero-order valence-corrected chi connectivity index (χ0v) is 22.1. The lowest BCUT2D eigenvalue weighted by Gasteiger charge is -2.39. The van der Waals surface area contributed by atoms with Crippen molar-refractivity contribution in [2.45, 2.75) is 64.3 Å². The third kappa shape index (κ3) is 6.19. The Balaban J connectivity index is 1.09. The summed E-state index contributed by atoms with van der Waals surface area (Å²) in [6.07, 6.45) is 9.00. The van der Waals surface area contributed by atoms with Crippen molar-refractivity contribution in [1.82, 2.24) is 4.90 Å². The summed E-state index contributed by atoms with van der Waals surface area (Å²) < 4.78 is 0. The number of carbonyl (C=O) groups is 1. The van der Waals surface area contributed by atoms with Gasteiger partial charge < -0.3 is 5.32 Å². The number of nitrogens with one attached hydrogen (secondary N) is 1. The van der Waals surface area contributed by atoms with Gasteiger partial charge in [-0.3, -0.25) is 9.69 Å². The molecule has 188 valence electrons. The molecule has 3 nitrogen and oxygen atoms in total. The quantitative estimate of drug-likeness (QED) is 0.354. The van der Waals surface area contributed by atoms with E-state index in [9.17, 15) is 4.79 Å². The molecule has 1 saturated heterocycles. The van der Waals surface area contributed by atoms with Crippen LogP contribution >= 0.6 is 11.6 Å². The van der Waals surface area contributed by atoms with E-state index in [2.05, 4.69) is 41.4 Å². The molecule has 0 aromatic heterocycles. The third-order valence-electron chi connectivity index (χ3n) is 8.37. The van der Waals surface area contributed by atoms with Crippen LogP contribution in [0.1, 0.15) is 68.9 Å². The molecule has 1 aliphatic heterocycles. The minimum Gasteiger partial charge on any atom is -0.326 e. The van der Waals surface area contributed by atoms with Gasteiger partial charge in [-0.2, -0.15) is 0 Å². The highest BCUT2D eigenvalue weighted by Crippen LogP contribution is 2.46. The Bertz CT molecular complexity index is 1140. The summed E-state index contributed by atoms with van der Waals surface area (Å²) in [5, 5.41) is 3.78. The lowest BCUT2D eigenvalue weighted by molar-refractivity contribution is -0.116. The molecule has 1 atom stereocenters. The molecule has 1 unspecified atom stereocenters. The standard InChI is InChI=1S/C32H37ClN2O/c1-24(22-31(36)34-30-14-10-28(11-15-30)27-8-12-29(33)13-9-27)26-6-4-25(5-7-26)23-35-20-18-32(19-21-35)16-2-3-17-32/h4-15,24H,2-3,16-23H2,1H3,(H,34,36). The first kappa shape index (κ1) is 25.0. The van der Waals surface area contributed by atoms with Gasteiger partial charge in [0.15, 0.2) is 0 Å². The summed E-state index contributed by atoms with van der Waals surface area (Å²) in [5.41, 5.74) is 6.29. The van der Waals surface area contributed by atoms with Crippen LogP contribution in [0, 0.1) is 5.41 Å². The van der Waals surface area contributed by atoms with Crippen molar-refractivity contribution in [2.24, 2.45) is 5.41 Å². The number of hydrogen-bond acceptors (Lipinski definition) is 2. The van der Waals surface area contributed by atoms with Gasteiger partial charge in [0.25, 0.3) is 0 Å². The summed E-state index contributed by atoms with van der Waals surface area (Å²) in [4.78, 5) is 15.3. The first-order valence-corrected chi connectivity index (χ1v) is 13.8. The average Bonchev–Trinajstić information content (AvgIpc) is 3.35. The van der Waals surface area contributed by atoms with Gasteiger partial charge in [0.1, 0.15) is 0 Å². The summed E-state index contributed by atoms with van der Waals surface area (Å²) in [6, 6.07) is 24.6. The SMILES string of the molecule is CC(CC(=O)Nc1ccc(-c2ccc(Cl)cc2)cc1)c1ccc(CN2CCC3(CCCC3)CC2)cc1. The molecule has 0 bridgehead atoms. The Hall–Kier alpha value is -2.62. The van der Waals surface area contributed by atoms with Gasteiger partial charge in [0, 0.05) is 23.7 Å². The highest BCUT2D eigenvalue weighted by atomic mass is 35.5. The predicted octanol–water partition coefficient (Wildman–Crippen LogP) is 8.30.